The molecular weight excluding hydrogens is 308 g/mol. The Hall–Kier alpha value is -1.94. The first-order valence-corrected chi connectivity index (χ1v) is 7.51. The zero-order valence-electron chi connectivity index (χ0n) is 13.0. The van der Waals surface area contributed by atoms with E-state index in [2.05, 4.69) is 40.6 Å². The summed E-state index contributed by atoms with van der Waals surface area (Å²) in [5, 5.41) is 16.3. The van der Waals surface area contributed by atoms with Crippen LogP contribution in [-0.4, -0.2) is 23.7 Å². The lowest BCUT2D eigenvalue weighted by atomic mass is 9.88. The average Bonchev–Trinajstić information content (AvgIpc) is 2.59. The number of aliphatic hydroxyl groups is 1. The van der Waals surface area contributed by atoms with Crippen LogP contribution in [0.1, 0.15) is 23.1 Å². The summed E-state index contributed by atoms with van der Waals surface area (Å²) < 4.78 is 0. The highest BCUT2D eigenvalue weighted by molar-refractivity contribution is 5.85. The summed E-state index contributed by atoms with van der Waals surface area (Å²) in [6, 6.07) is 18.4. The summed E-state index contributed by atoms with van der Waals surface area (Å²) in [6.45, 7) is 0.703. The maximum absolute atomic E-state index is 10.8. The van der Waals surface area contributed by atoms with Crippen LogP contribution in [0.2, 0.25) is 0 Å². The topological polar surface area (TPSA) is 45.1 Å². The van der Waals surface area contributed by atoms with E-state index in [1.165, 1.54) is 10.8 Å². The first-order valence-electron chi connectivity index (χ1n) is 7.51. The number of pyridine rings is 1. The molecule has 2 atom stereocenters. The van der Waals surface area contributed by atoms with Gasteiger partial charge in [-0.15, -0.1) is 12.4 Å². The van der Waals surface area contributed by atoms with E-state index in [0.29, 0.717) is 6.54 Å². The average molecular weight is 329 g/mol. The molecule has 0 aliphatic carbocycles. The third-order valence-electron chi connectivity index (χ3n) is 4.03. The number of aromatic nitrogens is 1. The molecule has 0 bridgehead atoms. The summed E-state index contributed by atoms with van der Waals surface area (Å²) in [4.78, 5) is 4.11. The normalized spacial score (nSPS) is 13.3. The van der Waals surface area contributed by atoms with Crippen molar-refractivity contribution in [2.75, 3.05) is 13.6 Å². The number of hydrogen-bond donors (Lipinski definition) is 2. The fourth-order valence-electron chi connectivity index (χ4n) is 2.85. The van der Waals surface area contributed by atoms with E-state index in [4.69, 9.17) is 0 Å². The van der Waals surface area contributed by atoms with Crippen molar-refractivity contribution >= 4 is 23.2 Å². The standard InChI is InChI=1S/C19H20N2O.ClH/c1-20-13-18(19(22)17-7-4-10-21-12-17)16-9-8-14-5-2-3-6-15(14)11-16;/h2-12,18-20,22H,13H2,1H3;1H. The van der Waals surface area contributed by atoms with Gasteiger partial charge < -0.3 is 10.4 Å². The third-order valence-corrected chi connectivity index (χ3v) is 4.03. The lowest BCUT2D eigenvalue weighted by Gasteiger charge is -2.23. The quantitative estimate of drug-likeness (QED) is 0.750. The van der Waals surface area contributed by atoms with Gasteiger partial charge in [-0.3, -0.25) is 4.98 Å². The van der Waals surface area contributed by atoms with Gasteiger partial charge in [0.15, 0.2) is 0 Å². The van der Waals surface area contributed by atoms with E-state index < -0.39 is 6.10 Å². The first-order chi connectivity index (χ1) is 10.8. The second kappa shape index (κ2) is 8.06. The molecule has 0 radical (unpaired) electrons. The van der Waals surface area contributed by atoms with Crippen molar-refractivity contribution in [2.45, 2.75) is 12.0 Å². The molecule has 1 aromatic heterocycles. The summed E-state index contributed by atoms with van der Waals surface area (Å²) >= 11 is 0. The lowest BCUT2D eigenvalue weighted by Crippen LogP contribution is -2.23. The Kier molecular flexibility index (Phi) is 6.11. The van der Waals surface area contributed by atoms with Crippen molar-refractivity contribution in [3.63, 3.8) is 0 Å². The van der Waals surface area contributed by atoms with Crippen molar-refractivity contribution in [2.24, 2.45) is 0 Å². The van der Waals surface area contributed by atoms with Crippen molar-refractivity contribution in [1.82, 2.24) is 10.3 Å². The van der Waals surface area contributed by atoms with Crippen LogP contribution in [0, 0.1) is 0 Å². The van der Waals surface area contributed by atoms with Gasteiger partial charge in [-0.2, -0.15) is 0 Å². The van der Waals surface area contributed by atoms with Gasteiger partial charge in [0.25, 0.3) is 0 Å². The van der Waals surface area contributed by atoms with E-state index in [0.717, 1.165) is 11.1 Å². The molecule has 0 saturated carbocycles. The molecule has 4 heteroatoms. The summed E-state index contributed by atoms with van der Waals surface area (Å²) in [5.74, 6) is -0.0150. The van der Waals surface area contributed by atoms with Crippen molar-refractivity contribution in [1.29, 1.82) is 0 Å². The number of aliphatic hydroxyl groups excluding tert-OH is 1. The van der Waals surface area contributed by atoms with Gasteiger partial charge in [-0.25, -0.2) is 0 Å². The molecule has 2 unspecified atom stereocenters. The van der Waals surface area contributed by atoms with E-state index >= 15 is 0 Å². The molecule has 3 rings (SSSR count). The molecule has 23 heavy (non-hydrogen) atoms. The second-order valence-electron chi connectivity index (χ2n) is 5.50. The van der Waals surface area contributed by atoms with Gasteiger partial charge >= 0.3 is 0 Å². The van der Waals surface area contributed by atoms with Crippen LogP contribution in [0.25, 0.3) is 10.8 Å². The van der Waals surface area contributed by atoms with Gasteiger partial charge in [0, 0.05) is 24.9 Å². The molecule has 0 saturated heterocycles. The molecule has 0 fully saturated rings. The number of hydrogen-bond acceptors (Lipinski definition) is 3. The largest absolute Gasteiger partial charge is 0.388 e. The van der Waals surface area contributed by atoms with Gasteiger partial charge in [0.1, 0.15) is 0 Å². The summed E-state index contributed by atoms with van der Waals surface area (Å²) in [5.41, 5.74) is 1.97. The van der Waals surface area contributed by atoms with Crippen LogP contribution in [0.3, 0.4) is 0 Å². The highest BCUT2D eigenvalue weighted by Crippen LogP contribution is 2.31. The Bertz CT molecular complexity index is 748. The van der Waals surface area contributed by atoms with Crippen LogP contribution in [0.4, 0.5) is 0 Å². The Balaban J connectivity index is 0.00000192. The number of rotatable bonds is 5. The summed E-state index contributed by atoms with van der Waals surface area (Å²) in [6.07, 6.45) is 2.87. The Morgan fingerprint density at radius 1 is 1.00 bits per heavy atom. The lowest BCUT2D eigenvalue weighted by molar-refractivity contribution is 0.144. The number of nitrogens with one attached hydrogen (secondary N) is 1. The van der Waals surface area contributed by atoms with Crippen molar-refractivity contribution < 1.29 is 5.11 Å². The van der Waals surface area contributed by atoms with E-state index in [1.54, 1.807) is 12.4 Å². The smallest absolute Gasteiger partial charge is 0.0885 e. The van der Waals surface area contributed by atoms with Gasteiger partial charge in [0.2, 0.25) is 0 Å². The SMILES string of the molecule is CNCC(c1ccc2ccccc2c1)C(O)c1cccnc1.Cl. The first kappa shape index (κ1) is 17.4. The highest BCUT2D eigenvalue weighted by atomic mass is 35.5. The molecule has 1 heterocycles. The number of nitrogens with zero attached hydrogens (tertiary/aromatic N) is 1. The molecule has 0 spiro atoms. The van der Waals surface area contributed by atoms with E-state index in [-0.39, 0.29) is 18.3 Å². The van der Waals surface area contributed by atoms with Crippen LogP contribution in [0.5, 0.6) is 0 Å². The Morgan fingerprint density at radius 2 is 1.78 bits per heavy atom. The van der Waals surface area contributed by atoms with E-state index in [9.17, 15) is 5.11 Å². The molecular formula is C19H21ClN2O. The minimum atomic E-state index is -0.581. The number of likely N-dealkylation sites (N-methyl/N-ethyl adjacent to an activating group) is 1. The molecule has 3 nitrogen and oxygen atoms in total. The van der Waals surface area contributed by atoms with Gasteiger partial charge in [0.05, 0.1) is 6.10 Å². The van der Waals surface area contributed by atoms with Crippen LogP contribution in [-0.2, 0) is 0 Å². The van der Waals surface area contributed by atoms with Crippen molar-refractivity contribution in [3.05, 3.63) is 78.1 Å². The highest BCUT2D eigenvalue weighted by Gasteiger charge is 2.22. The molecule has 120 valence electrons. The maximum Gasteiger partial charge on any atom is 0.0885 e. The van der Waals surface area contributed by atoms with Crippen LogP contribution >= 0.6 is 12.4 Å². The predicted molar refractivity (Wildman–Crippen MR) is 97.1 cm³/mol. The molecule has 0 amide bonds. The Labute approximate surface area is 142 Å². The zero-order chi connectivity index (χ0) is 15.4. The van der Waals surface area contributed by atoms with E-state index in [1.807, 2.05) is 31.3 Å². The Morgan fingerprint density at radius 3 is 2.48 bits per heavy atom. The molecule has 0 aliphatic heterocycles. The summed E-state index contributed by atoms with van der Waals surface area (Å²) in [7, 11) is 1.91. The molecule has 2 aromatic carbocycles. The fraction of sp³-hybridized carbons (Fsp3) is 0.211. The maximum atomic E-state index is 10.8. The molecule has 2 N–H and O–H groups in total. The predicted octanol–water partition coefficient (Wildman–Crippen LogP) is 3.69. The minimum absolute atomic E-state index is 0. The molecule has 3 aromatic rings. The number of benzene rings is 2. The zero-order valence-corrected chi connectivity index (χ0v) is 13.8. The number of fused-ring (bicyclic) bond motifs is 1. The third kappa shape index (κ3) is 3.88. The monoisotopic (exact) mass is 328 g/mol. The van der Waals surface area contributed by atoms with Crippen LogP contribution < -0.4 is 5.32 Å². The van der Waals surface area contributed by atoms with Crippen LogP contribution in [0.15, 0.2) is 67.0 Å². The fourth-order valence-corrected chi connectivity index (χ4v) is 2.85. The van der Waals surface area contributed by atoms with Crippen molar-refractivity contribution in [3.8, 4) is 0 Å². The molecule has 0 aliphatic rings. The second-order valence-corrected chi connectivity index (χ2v) is 5.50. The van der Waals surface area contributed by atoms with Gasteiger partial charge in [-0.05, 0) is 35.0 Å². The minimum Gasteiger partial charge on any atom is -0.388 e. The number of halogens is 1. The van der Waals surface area contributed by atoms with Gasteiger partial charge in [-0.1, -0.05) is 48.5 Å².